The van der Waals surface area contributed by atoms with Gasteiger partial charge in [0, 0.05) is 23.0 Å². The molecule has 2 heterocycles. The van der Waals surface area contributed by atoms with Crippen LogP contribution in [0.2, 0.25) is 0 Å². The second-order valence-corrected chi connectivity index (χ2v) is 4.61. The minimum atomic E-state index is 0.540. The number of nitrogens with two attached hydrogens (primary N) is 1. The molecule has 0 atom stereocenters. The molecule has 0 bridgehead atoms. The van der Waals surface area contributed by atoms with Crippen LogP contribution >= 0.6 is 0 Å². The highest BCUT2D eigenvalue weighted by Crippen LogP contribution is 2.18. The van der Waals surface area contributed by atoms with Gasteiger partial charge in [0.25, 0.3) is 0 Å². The van der Waals surface area contributed by atoms with Gasteiger partial charge in [0.1, 0.15) is 6.33 Å². The van der Waals surface area contributed by atoms with Crippen LogP contribution < -0.4 is 5.73 Å². The first-order valence-corrected chi connectivity index (χ1v) is 6.32. The van der Waals surface area contributed by atoms with Crippen molar-refractivity contribution in [1.82, 2.24) is 19.7 Å². The number of aryl methyl sites for hydroxylation is 1. The number of pyridine rings is 1. The van der Waals surface area contributed by atoms with Gasteiger partial charge in [-0.25, -0.2) is 14.6 Å². The number of rotatable bonds is 2. The number of anilines is 1. The van der Waals surface area contributed by atoms with Gasteiger partial charge in [0.15, 0.2) is 11.6 Å². The lowest BCUT2D eigenvalue weighted by atomic mass is 10.2. The lowest BCUT2D eigenvalue weighted by Crippen LogP contribution is -2.00. The van der Waals surface area contributed by atoms with E-state index in [1.807, 2.05) is 31.2 Å². The van der Waals surface area contributed by atoms with Gasteiger partial charge in [-0.3, -0.25) is 0 Å². The van der Waals surface area contributed by atoms with Crippen molar-refractivity contribution in [2.24, 2.45) is 0 Å². The van der Waals surface area contributed by atoms with Gasteiger partial charge < -0.3 is 5.73 Å². The molecule has 1 aromatic carbocycles. The number of nitrogens with zero attached hydrogens (tertiary/aromatic N) is 5. The Hall–Kier alpha value is -3.20. The van der Waals surface area contributed by atoms with E-state index < -0.39 is 0 Å². The summed E-state index contributed by atoms with van der Waals surface area (Å²) in [7, 11) is 0. The molecule has 6 nitrogen and oxygen atoms in total. The second kappa shape index (κ2) is 5.06. The van der Waals surface area contributed by atoms with E-state index in [1.165, 1.54) is 0 Å². The molecule has 21 heavy (non-hydrogen) atoms. The number of nitriles is 1. The van der Waals surface area contributed by atoms with E-state index in [0.717, 1.165) is 11.3 Å². The second-order valence-electron chi connectivity index (χ2n) is 4.61. The molecule has 102 valence electrons. The summed E-state index contributed by atoms with van der Waals surface area (Å²) in [5.41, 5.74) is 8.55. The highest BCUT2D eigenvalue weighted by atomic mass is 15.4. The molecule has 6 heteroatoms. The van der Waals surface area contributed by atoms with E-state index in [4.69, 9.17) is 11.0 Å². The third-order valence-corrected chi connectivity index (χ3v) is 2.94. The van der Waals surface area contributed by atoms with E-state index in [-0.39, 0.29) is 0 Å². The predicted molar refractivity (Wildman–Crippen MR) is 78.5 cm³/mol. The zero-order valence-corrected chi connectivity index (χ0v) is 11.4. The van der Waals surface area contributed by atoms with E-state index in [1.54, 1.807) is 23.1 Å². The average molecular weight is 276 g/mol. The molecule has 0 saturated heterocycles. The quantitative estimate of drug-likeness (QED) is 0.723. The Balaban J connectivity index is 2.03. The van der Waals surface area contributed by atoms with E-state index >= 15 is 0 Å². The van der Waals surface area contributed by atoms with Crippen LogP contribution in [-0.2, 0) is 0 Å². The van der Waals surface area contributed by atoms with Crippen LogP contribution in [0.25, 0.3) is 17.2 Å². The van der Waals surface area contributed by atoms with Crippen molar-refractivity contribution in [1.29, 1.82) is 5.26 Å². The van der Waals surface area contributed by atoms with E-state index in [2.05, 4.69) is 21.1 Å². The molecular weight excluding hydrogens is 264 g/mol. The summed E-state index contributed by atoms with van der Waals surface area (Å²) in [5, 5.41) is 13.4. The standard InChI is InChI=1S/C15H12N6/c1-10-5-11(8-16)6-14(19-10)21-9-18-15(20-21)12-3-2-4-13(17)7-12/h2-7,9H,17H2,1H3. The Bertz CT molecular complexity index is 843. The molecule has 2 N–H and O–H groups in total. The Kier molecular flexibility index (Phi) is 3.09. The van der Waals surface area contributed by atoms with Gasteiger partial charge in [-0.15, -0.1) is 5.10 Å². The van der Waals surface area contributed by atoms with Crippen molar-refractivity contribution in [3.05, 3.63) is 54.0 Å². The first-order chi connectivity index (χ1) is 10.2. The van der Waals surface area contributed by atoms with Crippen LogP contribution in [0.3, 0.4) is 0 Å². The lowest BCUT2D eigenvalue weighted by Gasteiger charge is -2.02. The van der Waals surface area contributed by atoms with Gasteiger partial charge in [-0.2, -0.15) is 5.26 Å². The molecule has 0 radical (unpaired) electrons. The molecule has 3 aromatic rings. The molecule has 0 saturated carbocycles. The molecule has 0 aliphatic carbocycles. The first-order valence-electron chi connectivity index (χ1n) is 6.32. The summed E-state index contributed by atoms with van der Waals surface area (Å²) in [6.45, 7) is 1.83. The minimum absolute atomic E-state index is 0.540. The molecule has 0 aliphatic heterocycles. The van der Waals surface area contributed by atoms with Gasteiger partial charge >= 0.3 is 0 Å². The SMILES string of the molecule is Cc1cc(C#N)cc(-n2cnc(-c3cccc(N)c3)n2)n1. The summed E-state index contributed by atoms with van der Waals surface area (Å²) in [4.78, 5) is 8.62. The fourth-order valence-corrected chi connectivity index (χ4v) is 2.02. The maximum Gasteiger partial charge on any atom is 0.181 e. The number of nitrogen functional groups attached to an aromatic ring is 1. The highest BCUT2D eigenvalue weighted by Gasteiger charge is 2.08. The van der Waals surface area contributed by atoms with Crippen molar-refractivity contribution >= 4 is 5.69 Å². The number of hydrogen-bond donors (Lipinski definition) is 1. The third kappa shape index (κ3) is 2.58. The minimum Gasteiger partial charge on any atom is -0.399 e. The normalized spacial score (nSPS) is 10.3. The Morgan fingerprint density at radius 2 is 2.10 bits per heavy atom. The molecule has 0 fully saturated rings. The zero-order valence-electron chi connectivity index (χ0n) is 11.4. The molecule has 3 rings (SSSR count). The summed E-state index contributed by atoms with van der Waals surface area (Å²) >= 11 is 0. The van der Waals surface area contributed by atoms with Gasteiger partial charge in [-0.05, 0) is 25.1 Å². The third-order valence-electron chi connectivity index (χ3n) is 2.94. The number of aromatic nitrogens is 4. The zero-order chi connectivity index (χ0) is 14.8. The lowest BCUT2D eigenvalue weighted by molar-refractivity contribution is 0.841. The van der Waals surface area contributed by atoms with Gasteiger partial charge in [-0.1, -0.05) is 12.1 Å². The van der Waals surface area contributed by atoms with Crippen molar-refractivity contribution < 1.29 is 0 Å². The molecule has 0 amide bonds. The smallest absolute Gasteiger partial charge is 0.181 e. The van der Waals surface area contributed by atoms with Crippen molar-refractivity contribution in [3.63, 3.8) is 0 Å². The largest absolute Gasteiger partial charge is 0.399 e. The summed E-state index contributed by atoms with van der Waals surface area (Å²) in [6, 6.07) is 12.9. The van der Waals surface area contributed by atoms with Crippen molar-refractivity contribution in [2.45, 2.75) is 6.92 Å². The van der Waals surface area contributed by atoms with Crippen LogP contribution in [0.5, 0.6) is 0 Å². The maximum absolute atomic E-state index is 9.01. The Morgan fingerprint density at radius 3 is 2.86 bits per heavy atom. The number of benzene rings is 1. The molecule has 0 aliphatic rings. The maximum atomic E-state index is 9.01. The van der Waals surface area contributed by atoms with Crippen LogP contribution in [0, 0.1) is 18.3 Å². The van der Waals surface area contributed by atoms with E-state index in [9.17, 15) is 0 Å². The fourth-order valence-electron chi connectivity index (χ4n) is 2.02. The Labute approximate surface area is 121 Å². The topological polar surface area (TPSA) is 93.4 Å². The predicted octanol–water partition coefficient (Wildman–Crippen LogP) is 2.09. The molecule has 0 spiro atoms. The highest BCUT2D eigenvalue weighted by molar-refractivity contribution is 5.60. The van der Waals surface area contributed by atoms with Crippen LogP contribution in [0.15, 0.2) is 42.7 Å². The molecular formula is C15H12N6. The molecule has 0 unspecified atom stereocenters. The van der Waals surface area contributed by atoms with Gasteiger partial charge in [0.05, 0.1) is 11.6 Å². The summed E-state index contributed by atoms with van der Waals surface area (Å²) < 4.78 is 1.55. The number of hydrogen-bond acceptors (Lipinski definition) is 5. The van der Waals surface area contributed by atoms with E-state index in [0.29, 0.717) is 22.9 Å². The summed E-state index contributed by atoms with van der Waals surface area (Å²) in [6.07, 6.45) is 1.57. The van der Waals surface area contributed by atoms with Crippen LogP contribution in [0.1, 0.15) is 11.3 Å². The van der Waals surface area contributed by atoms with Crippen molar-refractivity contribution in [3.8, 4) is 23.3 Å². The fraction of sp³-hybridized carbons (Fsp3) is 0.0667. The first kappa shape index (κ1) is 12.8. The van der Waals surface area contributed by atoms with Crippen LogP contribution in [0.4, 0.5) is 5.69 Å². The molecule has 2 aromatic heterocycles. The van der Waals surface area contributed by atoms with Crippen LogP contribution in [-0.4, -0.2) is 19.7 Å². The summed E-state index contributed by atoms with van der Waals surface area (Å²) in [5.74, 6) is 1.12. The van der Waals surface area contributed by atoms with Crippen molar-refractivity contribution in [2.75, 3.05) is 5.73 Å². The van der Waals surface area contributed by atoms with Gasteiger partial charge in [0.2, 0.25) is 0 Å². The monoisotopic (exact) mass is 276 g/mol. The Morgan fingerprint density at radius 1 is 1.24 bits per heavy atom. The average Bonchev–Trinajstić information content (AvgIpc) is 2.96.